The Labute approximate surface area is 233 Å². The molecule has 1 atom stereocenters. The van der Waals surface area contributed by atoms with Crippen molar-refractivity contribution in [2.24, 2.45) is 0 Å². The molecule has 0 nitrogen and oxygen atoms in total. The summed E-state index contributed by atoms with van der Waals surface area (Å²) in [5.74, 6) is 0. The fourth-order valence-corrected chi connectivity index (χ4v) is 16.8. The summed E-state index contributed by atoms with van der Waals surface area (Å²) in [5.41, 5.74) is 14.5. The molecule has 0 spiro atoms. The van der Waals surface area contributed by atoms with Gasteiger partial charge in [-0.25, -0.2) is 0 Å². The summed E-state index contributed by atoms with van der Waals surface area (Å²) >= 11 is -2.69. The third-order valence-electron chi connectivity index (χ3n) is 8.28. The van der Waals surface area contributed by atoms with Crippen molar-refractivity contribution in [2.75, 3.05) is 0 Å². The van der Waals surface area contributed by atoms with E-state index in [0.717, 1.165) is 0 Å². The number of hydrogen-bond acceptors (Lipinski definition) is 0. The zero-order valence-electron chi connectivity index (χ0n) is 21.9. The maximum absolute atomic E-state index is 2.69. The molecule has 5 aromatic carbocycles. The van der Waals surface area contributed by atoms with Crippen molar-refractivity contribution < 1.29 is 21.3 Å². The van der Waals surface area contributed by atoms with Crippen LogP contribution in [0.25, 0.3) is 16.7 Å². The Morgan fingerprint density at radius 1 is 0.526 bits per heavy atom. The molecule has 0 N–H and O–H groups in total. The number of allylic oxidation sites excluding steroid dienone is 2. The summed E-state index contributed by atoms with van der Waals surface area (Å²) in [7, 11) is 0. The first kappa shape index (κ1) is 23.7. The van der Waals surface area contributed by atoms with Crippen LogP contribution in [0.1, 0.15) is 53.1 Å². The molecule has 0 aromatic heterocycles. The zero-order chi connectivity index (χ0) is 25.6. The van der Waals surface area contributed by atoms with E-state index in [1.807, 2.05) is 0 Å². The summed E-state index contributed by atoms with van der Waals surface area (Å²) in [4.78, 5) is 0. The first-order valence-electron chi connectivity index (χ1n) is 13.5. The van der Waals surface area contributed by atoms with Gasteiger partial charge in [0.05, 0.1) is 0 Å². The van der Waals surface area contributed by atoms with E-state index in [1.54, 1.807) is 8.77 Å². The Balaban J connectivity index is 1.62. The van der Waals surface area contributed by atoms with Crippen LogP contribution in [-0.4, -0.2) is 3.21 Å². The Kier molecular flexibility index (Phi) is 6.06. The van der Waals surface area contributed by atoms with Crippen LogP contribution in [0.2, 0.25) is 0 Å². The predicted octanol–water partition coefficient (Wildman–Crippen LogP) is 9.11. The van der Waals surface area contributed by atoms with E-state index in [1.165, 1.54) is 50.1 Å². The standard InChI is InChI=1S/C13H9.C13H10.C11H11.Zr/c1-3-7-12-10(5-1)9-11-6-2-4-8-13(11)12;1-3-7-12(8-4-1)11-13-9-5-2-6-10-13;1-8-3-6-11-9(2)4-5-10(11)7-8;/h1-9H;1-10H;3-7H,1-2H3;. The van der Waals surface area contributed by atoms with E-state index in [-0.39, 0.29) is 0 Å². The van der Waals surface area contributed by atoms with Gasteiger partial charge in [0.25, 0.3) is 0 Å². The average molecular weight is 566 g/mol. The van der Waals surface area contributed by atoms with E-state index in [9.17, 15) is 0 Å². The summed E-state index contributed by atoms with van der Waals surface area (Å²) in [6.07, 6.45) is 2.63. The van der Waals surface area contributed by atoms with Gasteiger partial charge in [0, 0.05) is 0 Å². The first-order chi connectivity index (χ1) is 18.7. The molecule has 0 aliphatic heterocycles. The van der Waals surface area contributed by atoms with Gasteiger partial charge in [0.15, 0.2) is 0 Å². The van der Waals surface area contributed by atoms with Gasteiger partial charge in [-0.15, -0.1) is 0 Å². The second-order valence-corrected chi connectivity index (χ2v) is 17.0. The third kappa shape index (κ3) is 3.88. The Morgan fingerprint density at radius 2 is 1.05 bits per heavy atom. The van der Waals surface area contributed by atoms with Crippen LogP contribution in [0.4, 0.5) is 0 Å². The van der Waals surface area contributed by atoms with Crippen molar-refractivity contribution in [1.82, 2.24) is 0 Å². The molecule has 0 radical (unpaired) electrons. The van der Waals surface area contributed by atoms with Gasteiger partial charge in [-0.05, 0) is 0 Å². The average Bonchev–Trinajstić information content (AvgIpc) is 3.47. The van der Waals surface area contributed by atoms with E-state index < -0.39 is 21.3 Å². The van der Waals surface area contributed by atoms with Crippen molar-refractivity contribution in [3.8, 4) is 11.1 Å². The molecule has 182 valence electrons. The van der Waals surface area contributed by atoms with Crippen LogP contribution < -0.4 is 0 Å². The monoisotopic (exact) mass is 564 g/mol. The van der Waals surface area contributed by atoms with Gasteiger partial charge in [0.2, 0.25) is 0 Å². The number of fused-ring (bicyclic) bond motifs is 4. The van der Waals surface area contributed by atoms with Crippen molar-refractivity contribution >= 4 is 8.78 Å². The molecule has 7 rings (SSSR count). The van der Waals surface area contributed by atoms with Crippen molar-refractivity contribution in [2.45, 2.75) is 21.1 Å². The molecule has 2 aliphatic carbocycles. The van der Waals surface area contributed by atoms with E-state index in [0.29, 0.717) is 7.25 Å². The molecule has 5 aromatic rings. The molecule has 1 heteroatoms. The molecule has 1 unspecified atom stereocenters. The van der Waals surface area contributed by atoms with Gasteiger partial charge in [0.1, 0.15) is 0 Å². The molecular weight excluding hydrogens is 536 g/mol. The van der Waals surface area contributed by atoms with Crippen LogP contribution in [0.15, 0.2) is 133 Å². The van der Waals surface area contributed by atoms with Crippen LogP contribution in [-0.2, 0) is 21.3 Å². The second kappa shape index (κ2) is 9.72. The van der Waals surface area contributed by atoms with Gasteiger partial charge in [-0.2, -0.15) is 0 Å². The molecular formula is C37H30Zr. The van der Waals surface area contributed by atoms with Crippen LogP contribution in [0.3, 0.4) is 0 Å². The van der Waals surface area contributed by atoms with Crippen molar-refractivity contribution in [1.29, 1.82) is 0 Å². The minimum atomic E-state index is -2.69. The number of aryl methyl sites for hydroxylation is 1. The number of hydrogen-bond donors (Lipinski definition) is 0. The molecule has 0 saturated heterocycles. The molecule has 0 amide bonds. The van der Waals surface area contributed by atoms with Crippen molar-refractivity contribution in [3.63, 3.8) is 0 Å². The summed E-state index contributed by atoms with van der Waals surface area (Å²) in [5, 5.41) is 0. The Hall–Kier alpha value is -3.41. The van der Waals surface area contributed by atoms with Crippen LogP contribution in [0, 0.1) is 6.92 Å². The van der Waals surface area contributed by atoms with Gasteiger partial charge >= 0.3 is 235 Å². The van der Waals surface area contributed by atoms with E-state index >= 15 is 0 Å². The third-order valence-corrected chi connectivity index (χ3v) is 17.0. The molecule has 38 heavy (non-hydrogen) atoms. The molecule has 2 aliphatic rings. The molecule has 0 saturated carbocycles. The zero-order valence-corrected chi connectivity index (χ0v) is 24.3. The normalized spacial score (nSPS) is 15.4. The Bertz CT molecular complexity index is 1640. The van der Waals surface area contributed by atoms with Crippen molar-refractivity contribution in [3.05, 3.63) is 172 Å². The second-order valence-electron chi connectivity index (χ2n) is 10.6. The quantitative estimate of drug-likeness (QED) is 0.204. The van der Waals surface area contributed by atoms with Gasteiger partial charge in [-0.3, -0.25) is 0 Å². The number of rotatable bonds is 4. The summed E-state index contributed by atoms with van der Waals surface area (Å²) in [6.45, 7) is 4.56. The maximum atomic E-state index is 2.63. The summed E-state index contributed by atoms with van der Waals surface area (Å²) in [6, 6.07) is 48.1. The fourth-order valence-electron chi connectivity index (χ4n) is 6.67. The van der Waals surface area contributed by atoms with Gasteiger partial charge in [-0.1, -0.05) is 0 Å². The number of benzene rings is 5. The first-order valence-corrected chi connectivity index (χ1v) is 17.6. The summed E-state index contributed by atoms with van der Waals surface area (Å²) < 4.78 is 2.53. The molecule has 0 bridgehead atoms. The SMILES string of the molecule is CC1=C[CH]([Zr](=[C](c2ccccc2)c2ccccc2)[CH]2c3ccccc3-c3ccccc32)c2cc(C)ccc21. The van der Waals surface area contributed by atoms with Gasteiger partial charge < -0.3 is 0 Å². The van der Waals surface area contributed by atoms with E-state index in [2.05, 4.69) is 147 Å². The van der Waals surface area contributed by atoms with E-state index in [4.69, 9.17) is 0 Å². The predicted molar refractivity (Wildman–Crippen MR) is 157 cm³/mol. The Morgan fingerprint density at radius 3 is 1.63 bits per heavy atom. The van der Waals surface area contributed by atoms with Crippen LogP contribution >= 0.6 is 0 Å². The fraction of sp³-hybridized carbons (Fsp3) is 0.108. The molecule has 0 fully saturated rings. The van der Waals surface area contributed by atoms with Crippen LogP contribution in [0.5, 0.6) is 0 Å². The topological polar surface area (TPSA) is 0 Å². The minimum absolute atomic E-state index is 0.445. The molecule has 0 heterocycles.